The third kappa shape index (κ3) is 4.07. The molecule has 0 rings (SSSR count). The molecule has 54 valence electrons. The summed E-state index contributed by atoms with van der Waals surface area (Å²) in [6.07, 6.45) is 1.02. The Kier molecular flexibility index (Phi) is 3.36. The summed E-state index contributed by atoms with van der Waals surface area (Å²) in [6.45, 7) is 10.2. The zero-order chi connectivity index (χ0) is 7.44. The average Bonchev–Trinajstić information content (AvgIpc) is 1.63. The minimum atomic E-state index is 0.528. The lowest BCUT2D eigenvalue weighted by atomic mass is 10.1. The number of ketones is 1. The molecule has 0 spiro atoms. The van der Waals surface area contributed by atoms with Crippen LogP contribution in [0, 0.1) is 12.0 Å². The second-order valence-corrected chi connectivity index (χ2v) is 2.78. The summed E-state index contributed by atoms with van der Waals surface area (Å²) in [5.41, 5.74) is 0. The molecule has 0 atom stereocenters. The van der Waals surface area contributed by atoms with Gasteiger partial charge in [0.2, 0.25) is 0 Å². The molecule has 0 amide bonds. The highest BCUT2D eigenvalue weighted by Crippen LogP contribution is 1.98. The lowest BCUT2D eigenvalue weighted by Gasteiger charge is -2.02. The Bertz CT molecular complexity index is 101. The Balaban J connectivity index is 3.84. The molecule has 0 heterocycles. The van der Waals surface area contributed by atoms with Crippen LogP contribution in [0.3, 0.4) is 0 Å². The predicted molar refractivity (Wildman–Crippen MR) is 40.1 cm³/mol. The van der Waals surface area contributed by atoms with Gasteiger partial charge in [0.25, 0.3) is 0 Å². The first kappa shape index (κ1) is 8.54. The van der Waals surface area contributed by atoms with Gasteiger partial charge in [0, 0.05) is 0 Å². The first-order valence-corrected chi connectivity index (χ1v) is 3.35. The molecule has 0 bridgehead atoms. The van der Waals surface area contributed by atoms with Gasteiger partial charge in [-0.3, -0.25) is 0 Å². The van der Waals surface area contributed by atoms with E-state index in [0.29, 0.717) is 5.92 Å². The van der Waals surface area contributed by atoms with E-state index in [-0.39, 0.29) is 0 Å². The molecule has 1 heteroatoms. The molecule has 1 nitrogen and oxygen atoms in total. The van der Waals surface area contributed by atoms with E-state index in [1.807, 2.05) is 20.8 Å². The highest BCUT2D eigenvalue weighted by Gasteiger charge is 2.01. The maximum Gasteiger partial charge on any atom is 0.154 e. The van der Waals surface area contributed by atoms with Gasteiger partial charge in [-0.1, -0.05) is 13.8 Å². The van der Waals surface area contributed by atoms with Crippen molar-refractivity contribution < 1.29 is 4.42 Å². The first-order chi connectivity index (χ1) is 4.04. The van der Waals surface area contributed by atoms with Crippen molar-refractivity contribution in [3.63, 3.8) is 0 Å². The summed E-state index contributed by atoms with van der Waals surface area (Å²) >= 11 is 0. The summed E-state index contributed by atoms with van der Waals surface area (Å²) in [5.74, 6) is 1.62. The number of rotatable bonds is 2. The molecule has 0 fully saturated rings. The van der Waals surface area contributed by atoms with Gasteiger partial charge in [-0.15, -0.1) is 0 Å². The van der Waals surface area contributed by atoms with E-state index in [0.717, 1.165) is 11.9 Å². The minimum absolute atomic E-state index is 0.528. The molecule has 0 saturated carbocycles. The zero-order valence-corrected chi connectivity index (χ0v) is 6.99. The van der Waals surface area contributed by atoms with E-state index in [4.69, 9.17) is 4.42 Å². The monoisotopic (exact) mass is 128 g/mol. The van der Waals surface area contributed by atoms with Crippen molar-refractivity contribution >= 4 is 5.78 Å². The second-order valence-electron chi connectivity index (χ2n) is 2.78. The van der Waals surface area contributed by atoms with Crippen molar-refractivity contribution in [3.05, 3.63) is 6.10 Å². The molecule has 0 aromatic heterocycles. The van der Waals surface area contributed by atoms with Crippen molar-refractivity contribution in [2.75, 3.05) is 0 Å². The molecule has 0 aromatic rings. The second kappa shape index (κ2) is 3.54. The van der Waals surface area contributed by atoms with Crippen LogP contribution < -0.4 is 0 Å². The largest absolute Gasteiger partial charge is 0.397 e. The Morgan fingerprint density at radius 3 is 1.89 bits per heavy atom. The van der Waals surface area contributed by atoms with Crippen molar-refractivity contribution in [2.45, 2.75) is 34.6 Å². The Hall–Kier alpha value is -0.460. The maximum absolute atomic E-state index is 5.34. The standard InChI is InChI=1S/C8H16O/c1-6(2)8(5)9-7(3)4/h6H,1-5H3. The van der Waals surface area contributed by atoms with Crippen LogP contribution >= 0.6 is 0 Å². The number of hydrogen-bond donors (Lipinski definition) is 0. The van der Waals surface area contributed by atoms with Crippen molar-refractivity contribution in [2.24, 2.45) is 5.92 Å². The Morgan fingerprint density at radius 1 is 1.33 bits per heavy atom. The molecule has 0 unspecified atom stereocenters. The fourth-order valence-corrected chi connectivity index (χ4v) is 0.440. The summed E-state index contributed by atoms with van der Waals surface area (Å²) in [7, 11) is 0. The molecule has 0 N–H and O–H groups in total. The predicted octanol–water partition coefficient (Wildman–Crippen LogP) is 2.34. The van der Waals surface area contributed by atoms with Gasteiger partial charge in [-0.05, 0) is 26.7 Å². The summed E-state index contributed by atoms with van der Waals surface area (Å²) in [4.78, 5) is 0. The molecule has 0 aliphatic carbocycles. The van der Waals surface area contributed by atoms with E-state index >= 15 is 0 Å². The van der Waals surface area contributed by atoms with Crippen LogP contribution in [0.2, 0.25) is 0 Å². The zero-order valence-electron chi connectivity index (χ0n) is 6.99. The van der Waals surface area contributed by atoms with E-state index in [1.165, 1.54) is 0 Å². The van der Waals surface area contributed by atoms with E-state index < -0.39 is 0 Å². The highest BCUT2D eigenvalue weighted by atomic mass is 16.4. The fraction of sp³-hybridized carbons (Fsp3) is 0.750. The molecule has 0 aromatic carbocycles. The third-order valence-electron chi connectivity index (χ3n) is 1.18. The van der Waals surface area contributed by atoms with Crippen molar-refractivity contribution in [1.29, 1.82) is 0 Å². The van der Waals surface area contributed by atoms with Gasteiger partial charge in [0.05, 0.1) is 0 Å². The molecule has 9 heavy (non-hydrogen) atoms. The van der Waals surface area contributed by atoms with Gasteiger partial charge in [0.15, 0.2) is 5.78 Å². The summed E-state index contributed by atoms with van der Waals surface area (Å²) in [5, 5.41) is 0. The van der Waals surface area contributed by atoms with Crippen molar-refractivity contribution in [1.82, 2.24) is 0 Å². The van der Waals surface area contributed by atoms with Crippen LogP contribution in [0.1, 0.15) is 34.6 Å². The summed E-state index contributed by atoms with van der Waals surface area (Å²) < 4.78 is 5.34. The first-order valence-electron chi connectivity index (χ1n) is 3.35. The van der Waals surface area contributed by atoms with Gasteiger partial charge < -0.3 is 4.42 Å². The quantitative estimate of drug-likeness (QED) is 0.399. The molecule has 0 radical (unpaired) electrons. The van der Waals surface area contributed by atoms with Crippen LogP contribution in [0.25, 0.3) is 0 Å². The molecule has 0 aliphatic heterocycles. The van der Waals surface area contributed by atoms with Crippen molar-refractivity contribution in [3.8, 4) is 0 Å². The molecule has 0 saturated heterocycles. The smallest absolute Gasteiger partial charge is 0.154 e. The molecular weight excluding hydrogens is 112 g/mol. The lowest BCUT2D eigenvalue weighted by Crippen LogP contribution is -2.06. The van der Waals surface area contributed by atoms with Crippen LogP contribution in [0.15, 0.2) is 0 Å². The fourth-order valence-electron chi connectivity index (χ4n) is 0.440. The topological polar surface area (TPSA) is 11.3 Å². The number of carbonyl (C=O) groups excluding carboxylic acids is 1. The molecule has 0 aliphatic rings. The third-order valence-corrected chi connectivity index (χ3v) is 1.18. The highest BCUT2D eigenvalue weighted by molar-refractivity contribution is 5.78. The number of hydrogen-bond acceptors (Lipinski definition) is 0. The molecular formula is C8H16O. The summed E-state index contributed by atoms with van der Waals surface area (Å²) in [6, 6.07) is 0. The van der Waals surface area contributed by atoms with E-state index in [2.05, 4.69) is 13.8 Å². The Labute approximate surface area is 57.8 Å². The van der Waals surface area contributed by atoms with Crippen LogP contribution in [-0.2, 0) is 4.42 Å². The van der Waals surface area contributed by atoms with Gasteiger partial charge in [-0.2, -0.15) is 0 Å². The van der Waals surface area contributed by atoms with Crippen LogP contribution in [0.5, 0.6) is 0 Å². The van der Waals surface area contributed by atoms with Gasteiger partial charge in [-0.25, -0.2) is 0 Å². The van der Waals surface area contributed by atoms with Crippen LogP contribution in [-0.4, -0.2) is 5.78 Å². The lowest BCUT2D eigenvalue weighted by molar-refractivity contribution is -0.440. The van der Waals surface area contributed by atoms with Crippen LogP contribution in [0.4, 0.5) is 0 Å². The van der Waals surface area contributed by atoms with Gasteiger partial charge in [0.1, 0.15) is 6.10 Å². The average molecular weight is 128 g/mol. The van der Waals surface area contributed by atoms with E-state index in [1.54, 1.807) is 0 Å². The van der Waals surface area contributed by atoms with E-state index in [9.17, 15) is 0 Å². The Morgan fingerprint density at radius 2 is 1.78 bits per heavy atom. The normalized spacial score (nSPS) is 12.4. The maximum atomic E-state index is 5.34. The SMILES string of the molecule is CC(=[O+][C-](C)C)C(C)C. The minimum Gasteiger partial charge on any atom is -0.397 e. The van der Waals surface area contributed by atoms with Gasteiger partial charge >= 0.3 is 0 Å².